The van der Waals surface area contributed by atoms with Gasteiger partial charge in [0.2, 0.25) is 0 Å². The van der Waals surface area contributed by atoms with E-state index >= 15 is 0 Å². The van der Waals surface area contributed by atoms with Crippen LogP contribution in [0.1, 0.15) is 12.7 Å². The van der Waals surface area contributed by atoms with E-state index in [1.54, 1.807) is 15.6 Å². The quantitative estimate of drug-likeness (QED) is 0.867. The summed E-state index contributed by atoms with van der Waals surface area (Å²) in [4.78, 5) is 0. The number of anilines is 1. The maximum atomic E-state index is 5.60. The molecule has 2 aromatic heterocycles. The van der Waals surface area contributed by atoms with E-state index in [2.05, 4.69) is 36.6 Å². The fourth-order valence-electron chi connectivity index (χ4n) is 1.22. The highest BCUT2D eigenvalue weighted by Gasteiger charge is 2.07. The zero-order valence-electron chi connectivity index (χ0n) is 8.13. The van der Waals surface area contributed by atoms with Gasteiger partial charge in [0.25, 0.3) is 0 Å². The van der Waals surface area contributed by atoms with Crippen molar-refractivity contribution in [3.05, 3.63) is 16.5 Å². The second-order valence-corrected chi connectivity index (χ2v) is 3.83. The molecule has 0 amide bonds. The smallest absolute Gasteiger partial charge is 0.172 e. The molecule has 0 saturated carbocycles. The lowest BCUT2D eigenvalue weighted by molar-refractivity contribution is 0.562. The van der Waals surface area contributed by atoms with Crippen molar-refractivity contribution in [2.45, 2.75) is 20.0 Å². The predicted molar refractivity (Wildman–Crippen MR) is 56.9 cm³/mol. The highest BCUT2D eigenvalue weighted by molar-refractivity contribution is 9.10. The summed E-state index contributed by atoms with van der Waals surface area (Å²) < 4.78 is 4.18. The Morgan fingerprint density at radius 2 is 2.33 bits per heavy atom. The number of hydrogen-bond donors (Lipinski definition) is 1. The lowest BCUT2D eigenvalue weighted by atomic mass is 10.5. The Morgan fingerprint density at radius 1 is 1.53 bits per heavy atom. The first-order chi connectivity index (χ1) is 7.20. The number of halogens is 1. The number of nitrogens with two attached hydrogens (primary N) is 1. The van der Waals surface area contributed by atoms with E-state index in [9.17, 15) is 0 Å². The van der Waals surface area contributed by atoms with E-state index in [1.807, 2.05) is 6.92 Å². The van der Waals surface area contributed by atoms with Gasteiger partial charge in [0.05, 0.1) is 4.47 Å². The van der Waals surface area contributed by atoms with E-state index in [-0.39, 0.29) is 0 Å². The maximum absolute atomic E-state index is 5.60. The molecule has 0 unspecified atom stereocenters. The fourth-order valence-corrected chi connectivity index (χ4v) is 1.54. The van der Waals surface area contributed by atoms with Crippen molar-refractivity contribution >= 4 is 21.7 Å². The summed E-state index contributed by atoms with van der Waals surface area (Å²) in [5.41, 5.74) is 5.60. The predicted octanol–water partition coefficient (Wildman–Crippen LogP) is 0.282. The number of hydrogen-bond acceptors (Lipinski definition) is 5. The van der Waals surface area contributed by atoms with E-state index in [1.165, 1.54) is 0 Å². The average molecular weight is 272 g/mol. The molecule has 2 aromatic rings. The molecule has 2 N–H and O–H groups in total. The van der Waals surface area contributed by atoms with Crippen molar-refractivity contribution in [2.75, 3.05) is 5.73 Å². The minimum atomic E-state index is 0.463. The van der Waals surface area contributed by atoms with E-state index in [0.717, 1.165) is 16.8 Å². The molecule has 0 saturated heterocycles. The summed E-state index contributed by atoms with van der Waals surface area (Å²) in [5.74, 6) is 1.22. The highest BCUT2D eigenvalue weighted by Crippen LogP contribution is 2.16. The molecule has 0 aliphatic heterocycles. The van der Waals surface area contributed by atoms with Gasteiger partial charge in [0, 0.05) is 12.7 Å². The molecular weight excluding hydrogens is 262 g/mol. The molecule has 8 heteroatoms. The average Bonchev–Trinajstić information content (AvgIpc) is 2.75. The van der Waals surface area contributed by atoms with Crippen LogP contribution < -0.4 is 5.73 Å². The molecule has 0 radical (unpaired) electrons. The van der Waals surface area contributed by atoms with E-state index in [0.29, 0.717) is 12.4 Å². The maximum Gasteiger partial charge on any atom is 0.172 e. The zero-order valence-corrected chi connectivity index (χ0v) is 9.72. The Bertz CT molecular complexity index is 440. The van der Waals surface area contributed by atoms with Gasteiger partial charge in [0.15, 0.2) is 11.6 Å². The molecule has 0 fully saturated rings. The number of rotatable bonds is 3. The second kappa shape index (κ2) is 3.97. The number of aryl methyl sites for hydroxylation is 1. The molecule has 0 aromatic carbocycles. The Labute approximate surface area is 94.4 Å². The fraction of sp³-hybridized carbons (Fsp3) is 0.429. The summed E-state index contributed by atoms with van der Waals surface area (Å²) in [6.45, 7) is 3.23. The van der Waals surface area contributed by atoms with Crippen LogP contribution in [0.15, 0.2) is 10.7 Å². The van der Waals surface area contributed by atoms with Crippen molar-refractivity contribution in [1.29, 1.82) is 0 Å². The van der Waals surface area contributed by atoms with Crippen molar-refractivity contribution in [3.8, 4) is 0 Å². The Hall–Kier alpha value is -1.44. The van der Waals surface area contributed by atoms with Crippen LogP contribution in [0.4, 0.5) is 5.82 Å². The first-order valence-electron chi connectivity index (χ1n) is 4.44. The van der Waals surface area contributed by atoms with Crippen LogP contribution in [0.5, 0.6) is 0 Å². The van der Waals surface area contributed by atoms with Crippen LogP contribution in [-0.4, -0.2) is 30.0 Å². The summed E-state index contributed by atoms with van der Waals surface area (Å²) in [5, 5.41) is 15.4. The number of aromatic nitrogens is 6. The normalized spacial score (nSPS) is 10.8. The van der Waals surface area contributed by atoms with Crippen LogP contribution >= 0.6 is 15.9 Å². The van der Waals surface area contributed by atoms with Gasteiger partial charge < -0.3 is 5.73 Å². The Kier molecular flexibility index (Phi) is 2.67. The Balaban J connectivity index is 2.21. The molecule has 2 rings (SSSR count). The van der Waals surface area contributed by atoms with Crippen molar-refractivity contribution in [1.82, 2.24) is 30.0 Å². The summed E-state index contributed by atoms with van der Waals surface area (Å²) in [6, 6.07) is 0. The minimum Gasteiger partial charge on any atom is -0.381 e. The van der Waals surface area contributed by atoms with Crippen molar-refractivity contribution < 1.29 is 0 Å². The van der Waals surface area contributed by atoms with Crippen LogP contribution in [0.2, 0.25) is 0 Å². The van der Waals surface area contributed by atoms with Gasteiger partial charge in [-0.2, -0.15) is 5.10 Å². The molecule has 0 aliphatic carbocycles. The van der Waals surface area contributed by atoms with Crippen LogP contribution in [0.25, 0.3) is 0 Å². The third-order valence-electron chi connectivity index (χ3n) is 1.95. The topological polar surface area (TPSA) is 87.4 Å². The van der Waals surface area contributed by atoms with Gasteiger partial charge in [-0.25, -0.2) is 4.68 Å². The molecule has 0 atom stereocenters. The first kappa shape index (κ1) is 10.1. The molecule has 7 nitrogen and oxygen atoms in total. The van der Waals surface area contributed by atoms with E-state index < -0.39 is 0 Å². The molecular formula is C7H10BrN7. The summed E-state index contributed by atoms with van der Waals surface area (Å²) >= 11 is 3.29. The van der Waals surface area contributed by atoms with Crippen LogP contribution in [0.3, 0.4) is 0 Å². The third kappa shape index (κ3) is 1.99. The Morgan fingerprint density at radius 3 is 2.93 bits per heavy atom. The van der Waals surface area contributed by atoms with Crippen molar-refractivity contribution in [2.24, 2.45) is 0 Å². The molecule has 80 valence electrons. The van der Waals surface area contributed by atoms with Gasteiger partial charge >= 0.3 is 0 Å². The van der Waals surface area contributed by atoms with Crippen LogP contribution in [-0.2, 0) is 13.1 Å². The van der Waals surface area contributed by atoms with Gasteiger partial charge in [-0.3, -0.25) is 4.68 Å². The minimum absolute atomic E-state index is 0.463. The second-order valence-electron chi connectivity index (χ2n) is 2.97. The molecule has 2 heterocycles. The third-order valence-corrected chi connectivity index (χ3v) is 2.56. The SMILES string of the molecule is CCn1nnnc1Cn1cc(Br)c(N)n1. The van der Waals surface area contributed by atoms with Gasteiger partial charge in [-0.1, -0.05) is 0 Å². The molecule has 0 bridgehead atoms. The zero-order chi connectivity index (χ0) is 10.8. The number of tetrazole rings is 1. The van der Waals surface area contributed by atoms with Gasteiger partial charge in [-0.05, 0) is 33.3 Å². The van der Waals surface area contributed by atoms with Crippen LogP contribution in [0, 0.1) is 0 Å². The first-order valence-corrected chi connectivity index (χ1v) is 5.23. The number of nitrogens with zero attached hydrogens (tertiary/aromatic N) is 6. The molecule has 0 aliphatic rings. The van der Waals surface area contributed by atoms with E-state index in [4.69, 9.17) is 5.73 Å². The largest absolute Gasteiger partial charge is 0.381 e. The standard InChI is InChI=1S/C7H10BrN7/c1-2-15-6(10-12-13-15)4-14-3-5(8)7(9)11-14/h3H,2,4H2,1H3,(H2,9,11). The monoisotopic (exact) mass is 271 g/mol. The summed E-state index contributed by atoms with van der Waals surface area (Å²) in [6.07, 6.45) is 1.80. The van der Waals surface area contributed by atoms with Crippen molar-refractivity contribution in [3.63, 3.8) is 0 Å². The highest BCUT2D eigenvalue weighted by atomic mass is 79.9. The lowest BCUT2D eigenvalue weighted by Crippen LogP contribution is -2.09. The number of nitrogen functional groups attached to an aromatic ring is 1. The molecule has 0 spiro atoms. The lowest BCUT2D eigenvalue weighted by Gasteiger charge is -2.00. The molecule has 15 heavy (non-hydrogen) atoms. The summed E-state index contributed by atoms with van der Waals surface area (Å²) in [7, 11) is 0. The van der Waals surface area contributed by atoms with Gasteiger partial charge in [-0.15, -0.1) is 5.10 Å². The van der Waals surface area contributed by atoms with Gasteiger partial charge in [0.1, 0.15) is 6.54 Å².